The van der Waals surface area contributed by atoms with E-state index >= 15 is 0 Å². The third-order valence-electron chi connectivity index (χ3n) is 3.27. The Bertz CT molecular complexity index is 286. The van der Waals surface area contributed by atoms with Crippen LogP contribution in [0.25, 0.3) is 0 Å². The van der Waals surface area contributed by atoms with Crippen molar-refractivity contribution < 1.29 is 14.6 Å². The van der Waals surface area contributed by atoms with E-state index in [-0.39, 0.29) is 11.9 Å². The van der Waals surface area contributed by atoms with E-state index in [2.05, 4.69) is 11.9 Å². The van der Waals surface area contributed by atoms with Crippen molar-refractivity contribution in [2.75, 3.05) is 13.2 Å². The van der Waals surface area contributed by atoms with Crippen molar-refractivity contribution >= 4 is 5.91 Å². The fourth-order valence-corrected chi connectivity index (χ4v) is 1.41. The highest BCUT2D eigenvalue weighted by atomic mass is 16.5. The molecule has 16 heavy (non-hydrogen) atoms. The Morgan fingerprint density at radius 1 is 1.56 bits per heavy atom. The van der Waals surface area contributed by atoms with Gasteiger partial charge in [-0.25, -0.2) is 0 Å². The Hall–Kier alpha value is -0.870. The minimum atomic E-state index is -0.614. The zero-order chi connectivity index (χ0) is 12.3. The Morgan fingerprint density at radius 2 is 2.19 bits per heavy atom. The summed E-state index contributed by atoms with van der Waals surface area (Å²) in [5.41, 5.74) is 0.188. The first-order valence-electron chi connectivity index (χ1n) is 5.58. The maximum atomic E-state index is 12.0. The van der Waals surface area contributed by atoms with Crippen LogP contribution in [0.5, 0.6) is 0 Å². The summed E-state index contributed by atoms with van der Waals surface area (Å²) in [6, 6.07) is -0.306. The van der Waals surface area contributed by atoms with Crippen molar-refractivity contribution in [1.82, 2.24) is 5.32 Å². The summed E-state index contributed by atoms with van der Waals surface area (Å²) in [4.78, 5) is 12.0. The van der Waals surface area contributed by atoms with Crippen LogP contribution in [0.1, 0.15) is 27.2 Å². The van der Waals surface area contributed by atoms with Gasteiger partial charge in [0.25, 0.3) is 0 Å². The van der Waals surface area contributed by atoms with Gasteiger partial charge in [-0.15, -0.1) is 0 Å². The normalized spacial score (nSPS) is 26.2. The van der Waals surface area contributed by atoms with Gasteiger partial charge in [0, 0.05) is 6.61 Å². The first-order chi connectivity index (χ1) is 7.35. The second kappa shape index (κ2) is 4.97. The molecule has 4 nitrogen and oxygen atoms in total. The average Bonchev–Trinajstić information content (AvgIpc) is 2.21. The quantitative estimate of drug-likeness (QED) is 0.703. The van der Waals surface area contributed by atoms with Crippen molar-refractivity contribution in [3.05, 3.63) is 12.2 Å². The van der Waals surface area contributed by atoms with Gasteiger partial charge in [-0.3, -0.25) is 4.79 Å². The van der Waals surface area contributed by atoms with Crippen LogP contribution in [0.2, 0.25) is 0 Å². The smallest absolute Gasteiger partial charge is 0.230 e. The van der Waals surface area contributed by atoms with Crippen LogP contribution in [0.3, 0.4) is 0 Å². The number of ether oxygens (including phenoxy) is 1. The molecule has 0 bridgehead atoms. The molecule has 92 valence electrons. The summed E-state index contributed by atoms with van der Waals surface area (Å²) in [5, 5.41) is 12.5. The summed E-state index contributed by atoms with van der Waals surface area (Å²) in [6.45, 7) is 10.2. The molecule has 2 atom stereocenters. The highest BCUT2D eigenvalue weighted by Gasteiger charge is 2.33. The topological polar surface area (TPSA) is 58.6 Å². The van der Waals surface area contributed by atoms with Gasteiger partial charge in [-0.05, 0) is 27.2 Å². The molecule has 2 N–H and O–H groups in total. The Kier molecular flexibility index (Phi) is 4.10. The first-order valence-corrected chi connectivity index (χ1v) is 5.58. The predicted octanol–water partition coefficient (Wildman–Crippen LogP) is 0.855. The van der Waals surface area contributed by atoms with E-state index < -0.39 is 11.5 Å². The van der Waals surface area contributed by atoms with Gasteiger partial charge in [0.15, 0.2) is 0 Å². The zero-order valence-electron chi connectivity index (χ0n) is 10.2. The number of carbonyl (C=O) groups excluding carboxylic acids is 1. The zero-order valence-corrected chi connectivity index (χ0v) is 10.2. The molecule has 0 unspecified atom stereocenters. The molecule has 1 rings (SSSR count). The number of nitrogens with one attached hydrogen (secondary N) is 1. The Labute approximate surface area is 96.7 Å². The molecule has 1 amide bonds. The van der Waals surface area contributed by atoms with Gasteiger partial charge in [-0.1, -0.05) is 12.2 Å². The maximum Gasteiger partial charge on any atom is 0.230 e. The van der Waals surface area contributed by atoms with Crippen molar-refractivity contribution in [2.24, 2.45) is 5.41 Å². The van der Waals surface area contributed by atoms with Crippen LogP contribution in [0.4, 0.5) is 0 Å². The molecule has 4 heteroatoms. The maximum absolute atomic E-state index is 12.0. The lowest BCUT2D eigenvalue weighted by molar-refractivity contribution is -0.131. The summed E-state index contributed by atoms with van der Waals surface area (Å²) in [6.07, 6.45) is 0.0527. The molecule has 0 aliphatic carbocycles. The van der Waals surface area contributed by atoms with E-state index in [1.807, 2.05) is 20.8 Å². The molecule has 1 aliphatic heterocycles. The molecule has 0 spiro atoms. The predicted molar refractivity (Wildman–Crippen MR) is 62.0 cm³/mol. The van der Waals surface area contributed by atoms with Crippen LogP contribution in [-0.2, 0) is 9.53 Å². The molecule has 0 radical (unpaired) electrons. The van der Waals surface area contributed by atoms with Gasteiger partial charge < -0.3 is 15.2 Å². The lowest BCUT2D eigenvalue weighted by atomic mass is 9.84. The number of carbonyl (C=O) groups is 1. The second-order valence-corrected chi connectivity index (χ2v) is 4.92. The molecule has 0 aromatic rings. The fourth-order valence-electron chi connectivity index (χ4n) is 1.41. The molecule has 1 fully saturated rings. The lowest BCUT2D eigenvalue weighted by Gasteiger charge is -2.32. The monoisotopic (exact) mass is 227 g/mol. The minimum absolute atomic E-state index is 0.116. The van der Waals surface area contributed by atoms with Crippen LogP contribution in [-0.4, -0.2) is 36.4 Å². The van der Waals surface area contributed by atoms with Crippen LogP contribution in [0, 0.1) is 5.41 Å². The van der Waals surface area contributed by atoms with Gasteiger partial charge in [-0.2, -0.15) is 0 Å². The first kappa shape index (κ1) is 13.2. The second-order valence-electron chi connectivity index (χ2n) is 4.92. The van der Waals surface area contributed by atoms with E-state index in [1.165, 1.54) is 0 Å². The molecule has 1 heterocycles. The van der Waals surface area contributed by atoms with E-state index in [0.29, 0.717) is 19.6 Å². The Balaban J connectivity index is 2.59. The minimum Gasteiger partial charge on any atom is -0.391 e. The van der Waals surface area contributed by atoms with E-state index in [0.717, 1.165) is 5.57 Å². The largest absolute Gasteiger partial charge is 0.391 e. The molecule has 1 saturated heterocycles. The summed E-state index contributed by atoms with van der Waals surface area (Å²) in [5.74, 6) is -0.116. The molecule has 0 saturated carbocycles. The van der Waals surface area contributed by atoms with Crippen molar-refractivity contribution in [3.63, 3.8) is 0 Å². The number of aliphatic hydroxyl groups excluding tert-OH is 1. The van der Waals surface area contributed by atoms with Crippen LogP contribution < -0.4 is 5.32 Å². The van der Waals surface area contributed by atoms with Gasteiger partial charge in [0.1, 0.15) is 0 Å². The molecule has 0 aromatic carbocycles. The molecular weight excluding hydrogens is 206 g/mol. The van der Waals surface area contributed by atoms with E-state index in [1.54, 1.807) is 0 Å². The van der Waals surface area contributed by atoms with Crippen LogP contribution >= 0.6 is 0 Å². The SMILES string of the molecule is C=C(C)C(C)(C)C(=O)N[C@@H]1COCC[C@H]1O. The summed E-state index contributed by atoms with van der Waals surface area (Å²) in [7, 11) is 0. The highest BCUT2D eigenvalue weighted by Crippen LogP contribution is 2.25. The standard InChI is InChI=1S/C12H21NO3/c1-8(2)12(3,4)11(15)13-9-7-16-6-5-10(9)14/h9-10,14H,1,5-7H2,2-4H3,(H,13,15)/t9-,10-/m1/s1. The van der Waals surface area contributed by atoms with E-state index in [9.17, 15) is 9.90 Å². The van der Waals surface area contributed by atoms with Crippen molar-refractivity contribution in [1.29, 1.82) is 0 Å². The summed E-state index contributed by atoms with van der Waals surface area (Å²) < 4.78 is 5.23. The van der Waals surface area contributed by atoms with E-state index in [4.69, 9.17) is 4.74 Å². The molecule has 1 aliphatic rings. The van der Waals surface area contributed by atoms with Gasteiger partial charge >= 0.3 is 0 Å². The van der Waals surface area contributed by atoms with Crippen LogP contribution in [0.15, 0.2) is 12.2 Å². The number of hydrogen-bond acceptors (Lipinski definition) is 3. The third-order valence-corrected chi connectivity index (χ3v) is 3.27. The molecular formula is C12H21NO3. The fraction of sp³-hybridized carbons (Fsp3) is 0.750. The van der Waals surface area contributed by atoms with Gasteiger partial charge in [0.2, 0.25) is 5.91 Å². The number of amides is 1. The molecule has 0 aromatic heterocycles. The van der Waals surface area contributed by atoms with Gasteiger partial charge in [0.05, 0.1) is 24.2 Å². The van der Waals surface area contributed by atoms with Crippen molar-refractivity contribution in [3.8, 4) is 0 Å². The Morgan fingerprint density at radius 3 is 2.69 bits per heavy atom. The number of rotatable bonds is 3. The highest BCUT2D eigenvalue weighted by molar-refractivity contribution is 5.85. The van der Waals surface area contributed by atoms with Crippen molar-refractivity contribution in [2.45, 2.75) is 39.3 Å². The third kappa shape index (κ3) is 2.83. The number of aliphatic hydroxyl groups is 1. The summed E-state index contributed by atoms with van der Waals surface area (Å²) >= 11 is 0. The lowest BCUT2D eigenvalue weighted by Crippen LogP contribution is -2.52. The average molecular weight is 227 g/mol. The number of hydrogen-bond donors (Lipinski definition) is 2.